The average Bonchev–Trinajstić information content (AvgIpc) is 3.30. The highest BCUT2D eigenvalue weighted by molar-refractivity contribution is 5.26. The van der Waals surface area contributed by atoms with E-state index in [1.165, 1.54) is 18.1 Å². The highest BCUT2D eigenvalue weighted by atomic mass is 19.4. The molecule has 2 aromatic rings. The molecule has 2 nitrogen and oxygen atoms in total. The van der Waals surface area contributed by atoms with Crippen LogP contribution >= 0.6 is 0 Å². The average molecular weight is 459 g/mol. The molecule has 2 unspecified atom stereocenters. The summed E-state index contributed by atoms with van der Waals surface area (Å²) < 4.78 is 38.8. The van der Waals surface area contributed by atoms with Gasteiger partial charge in [-0.2, -0.15) is 18.4 Å². The standard InChI is InChI=1S/C26H34F3N.C2H3N/c1-2-17-30(19-16-21-7-4-3-5-8-21)18-6-9-22-10-12-23(13-11-22)24-14-15-25(20-24)26(27,28)29;1-2-3/h3-5,7-8,10-13,24-25H,2,6,9,14-20H2,1H3;1H3. The SMILES string of the molecule is CC#N.CCCN(CCCc1ccc(C2CCC(C(F)(F)F)C2)cc1)CCc1ccccc1. The number of nitrogens with zero attached hydrogens (tertiary/aromatic N) is 2. The summed E-state index contributed by atoms with van der Waals surface area (Å²) >= 11 is 0. The van der Waals surface area contributed by atoms with Gasteiger partial charge in [-0.05, 0) is 80.6 Å². The van der Waals surface area contributed by atoms with Crippen LogP contribution < -0.4 is 0 Å². The first kappa shape index (κ1) is 26.9. The Hall–Kier alpha value is -2.32. The van der Waals surface area contributed by atoms with E-state index in [1.807, 2.05) is 0 Å². The molecule has 2 aromatic carbocycles. The molecule has 0 radical (unpaired) electrons. The fraction of sp³-hybridized carbons (Fsp3) is 0.536. The predicted molar refractivity (Wildman–Crippen MR) is 129 cm³/mol. The van der Waals surface area contributed by atoms with Gasteiger partial charge < -0.3 is 4.90 Å². The molecule has 180 valence electrons. The second kappa shape index (κ2) is 14.1. The van der Waals surface area contributed by atoms with E-state index >= 15 is 0 Å². The van der Waals surface area contributed by atoms with E-state index in [-0.39, 0.29) is 18.8 Å². The highest BCUT2D eigenvalue weighted by Crippen LogP contribution is 2.45. The zero-order chi connectivity index (χ0) is 24.1. The van der Waals surface area contributed by atoms with Crippen molar-refractivity contribution in [2.45, 2.75) is 70.9 Å². The van der Waals surface area contributed by atoms with E-state index in [0.717, 1.165) is 50.9 Å². The number of nitriles is 1. The number of benzene rings is 2. The molecule has 33 heavy (non-hydrogen) atoms. The molecule has 0 N–H and O–H groups in total. The normalized spacial score (nSPS) is 18.0. The van der Waals surface area contributed by atoms with Crippen LogP contribution in [0, 0.1) is 17.2 Å². The van der Waals surface area contributed by atoms with Crippen molar-refractivity contribution in [1.29, 1.82) is 5.26 Å². The van der Waals surface area contributed by atoms with E-state index < -0.39 is 12.1 Å². The summed E-state index contributed by atoms with van der Waals surface area (Å²) in [4.78, 5) is 2.54. The van der Waals surface area contributed by atoms with Gasteiger partial charge in [-0.15, -0.1) is 0 Å². The third-order valence-corrected chi connectivity index (χ3v) is 6.39. The van der Waals surface area contributed by atoms with Gasteiger partial charge in [-0.1, -0.05) is 61.5 Å². The summed E-state index contributed by atoms with van der Waals surface area (Å²) in [6.45, 7) is 6.94. The lowest BCUT2D eigenvalue weighted by Crippen LogP contribution is -2.28. The van der Waals surface area contributed by atoms with Crippen molar-refractivity contribution in [1.82, 2.24) is 4.90 Å². The molecule has 1 fully saturated rings. The van der Waals surface area contributed by atoms with Crippen LogP contribution in [0.25, 0.3) is 0 Å². The number of rotatable bonds is 10. The molecule has 0 aliphatic heterocycles. The van der Waals surface area contributed by atoms with Gasteiger partial charge >= 0.3 is 6.18 Å². The zero-order valence-corrected chi connectivity index (χ0v) is 20.0. The third-order valence-electron chi connectivity index (χ3n) is 6.39. The van der Waals surface area contributed by atoms with Crippen LogP contribution in [0.3, 0.4) is 0 Å². The maximum absolute atomic E-state index is 12.9. The monoisotopic (exact) mass is 458 g/mol. The molecule has 0 aromatic heterocycles. The van der Waals surface area contributed by atoms with Crippen molar-refractivity contribution in [2.24, 2.45) is 5.92 Å². The first-order valence-corrected chi connectivity index (χ1v) is 12.1. The molecule has 0 saturated heterocycles. The molecule has 1 aliphatic carbocycles. The molecule has 2 atom stereocenters. The van der Waals surface area contributed by atoms with Crippen LogP contribution in [-0.4, -0.2) is 30.7 Å². The molecule has 1 aliphatic rings. The quantitative estimate of drug-likeness (QED) is 0.367. The van der Waals surface area contributed by atoms with Gasteiger partial charge in [0.1, 0.15) is 0 Å². The van der Waals surface area contributed by atoms with Crippen LogP contribution in [0.2, 0.25) is 0 Å². The minimum Gasteiger partial charge on any atom is -0.303 e. The van der Waals surface area contributed by atoms with Gasteiger partial charge in [0.25, 0.3) is 0 Å². The van der Waals surface area contributed by atoms with Crippen molar-refractivity contribution < 1.29 is 13.2 Å². The second-order valence-electron chi connectivity index (χ2n) is 8.89. The summed E-state index contributed by atoms with van der Waals surface area (Å²) in [6.07, 6.45) is 1.48. The molecule has 3 rings (SSSR count). The Morgan fingerprint density at radius 3 is 2.12 bits per heavy atom. The van der Waals surface area contributed by atoms with Crippen LogP contribution in [0.15, 0.2) is 54.6 Å². The minimum absolute atomic E-state index is 0.0590. The highest BCUT2D eigenvalue weighted by Gasteiger charge is 2.44. The van der Waals surface area contributed by atoms with E-state index in [9.17, 15) is 13.2 Å². The molecular formula is C28H37F3N2. The maximum Gasteiger partial charge on any atom is 0.391 e. The van der Waals surface area contributed by atoms with Gasteiger partial charge in [0.2, 0.25) is 0 Å². The van der Waals surface area contributed by atoms with Gasteiger partial charge in [0, 0.05) is 13.5 Å². The molecule has 5 heteroatoms. The number of aryl methyl sites for hydroxylation is 1. The topological polar surface area (TPSA) is 27.0 Å². The second-order valence-corrected chi connectivity index (χ2v) is 8.89. The Kier molecular flexibility index (Phi) is 11.5. The predicted octanol–water partition coefficient (Wildman–Crippen LogP) is 7.55. The van der Waals surface area contributed by atoms with E-state index in [4.69, 9.17) is 5.26 Å². The molecule has 0 bridgehead atoms. The van der Waals surface area contributed by atoms with Gasteiger partial charge in [-0.25, -0.2) is 0 Å². The summed E-state index contributed by atoms with van der Waals surface area (Å²) in [5.74, 6) is -1.06. The van der Waals surface area contributed by atoms with Gasteiger partial charge in [0.15, 0.2) is 0 Å². The largest absolute Gasteiger partial charge is 0.391 e. The van der Waals surface area contributed by atoms with Crippen molar-refractivity contribution in [3.8, 4) is 6.07 Å². The first-order chi connectivity index (χ1) is 15.9. The third kappa shape index (κ3) is 9.60. The van der Waals surface area contributed by atoms with Crippen molar-refractivity contribution in [3.63, 3.8) is 0 Å². The summed E-state index contributed by atoms with van der Waals surface area (Å²) in [5.41, 5.74) is 3.73. The fourth-order valence-electron chi connectivity index (χ4n) is 4.63. The van der Waals surface area contributed by atoms with Crippen molar-refractivity contribution in [3.05, 3.63) is 71.3 Å². The number of hydrogen-bond donors (Lipinski definition) is 0. The van der Waals surface area contributed by atoms with E-state index in [2.05, 4.69) is 66.4 Å². The van der Waals surface area contributed by atoms with Crippen molar-refractivity contribution in [2.75, 3.05) is 19.6 Å². The Morgan fingerprint density at radius 1 is 0.909 bits per heavy atom. The molecule has 0 amide bonds. The molecule has 0 spiro atoms. The number of halogens is 3. The lowest BCUT2D eigenvalue weighted by Gasteiger charge is -2.21. The number of alkyl halides is 3. The summed E-state index contributed by atoms with van der Waals surface area (Å²) in [5, 5.41) is 7.32. The Balaban J connectivity index is 0.00000122. The molecular weight excluding hydrogens is 421 g/mol. The van der Waals surface area contributed by atoms with Gasteiger partial charge in [0.05, 0.1) is 12.0 Å². The van der Waals surface area contributed by atoms with Crippen LogP contribution in [-0.2, 0) is 12.8 Å². The minimum atomic E-state index is -4.04. The van der Waals surface area contributed by atoms with Crippen LogP contribution in [0.1, 0.15) is 68.6 Å². The first-order valence-electron chi connectivity index (χ1n) is 12.1. The van der Waals surface area contributed by atoms with Crippen LogP contribution in [0.4, 0.5) is 13.2 Å². The zero-order valence-electron chi connectivity index (χ0n) is 20.0. The van der Waals surface area contributed by atoms with E-state index in [1.54, 1.807) is 6.07 Å². The Bertz CT molecular complexity index is 825. The maximum atomic E-state index is 12.9. The molecule has 0 heterocycles. The Labute approximate surface area is 197 Å². The lowest BCUT2D eigenvalue weighted by atomic mass is 9.94. The van der Waals surface area contributed by atoms with Crippen molar-refractivity contribution >= 4 is 0 Å². The summed E-state index contributed by atoms with van der Waals surface area (Å²) in [6, 6.07) is 20.7. The van der Waals surface area contributed by atoms with Gasteiger partial charge in [-0.3, -0.25) is 0 Å². The van der Waals surface area contributed by atoms with Crippen LogP contribution in [0.5, 0.6) is 0 Å². The number of hydrogen-bond acceptors (Lipinski definition) is 2. The fourth-order valence-corrected chi connectivity index (χ4v) is 4.63. The summed E-state index contributed by atoms with van der Waals surface area (Å²) in [7, 11) is 0. The lowest BCUT2D eigenvalue weighted by molar-refractivity contribution is -0.172. The van der Waals surface area contributed by atoms with E-state index in [0.29, 0.717) is 6.42 Å². The Morgan fingerprint density at radius 2 is 1.55 bits per heavy atom. The molecule has 1 saturated carbocycles. The smallest absolute Gasteiger partial charge is 0.303 e.